The number of phenols is 1. The summed E-state index contributed by atoms with van der Waals surface area (Å²) in [6.45, 7) is 2.01. The highest BCUT2D eigenvalue weighted by molar-refractivity contribution is 6.01. The minimum atomic E-state index is 0.0802. The van der Waals surface area contributed by atoms with Gasteiger partial charge in [-0.15, -0.1) is 0 Å². The Bertz CT molecular complexity index is 538. The van der Waals surface area contributed by atoms with E-state index in [0.717, 1.165) is 17.7 Å². The molecule has 0 aliphatic heterocycles. The van der Waals surface area contributed by atoms with Gasteiger partial charge in [0.2, 0.25) is 5.91 Å². The minimum absolute atomic E-state index is 0.0802. The number of nitrogens with zero attached hydrogens (tertiary/aromatic N) is 1. The Morgan fingerprint density at radius 1 is 1.24 bits per heavy atom. The van der Waals surface area contributed by atoms with Gasteiger partial charge in [-0.3, -0.25) is 4.79 Å². The number of amides is 1. The molecule has 0 aromatic heterocycles. The Labute approximate surface area is 125 Å². The number of hydrazone groups is 1. The number of hydrogen-bond acceptors (Lipinski definition) is 3. The van der Waals surface area contributed by atoms with Crippen molar-refractivity contribution in [2.45, 2.75) is 39.0 Å². The van der Waals surface area contributed by atoms with Crippen LogP contribution in [0.2, 0.25) is 0 Å². The third kappa shape index (κ3) is 2.94. The number of aromatic hydroxyl groups is 1. The van der Waals surface area contributed by atoms with Crippen LogP contribution in [0.4, 0.5) is 0 Å². The molecule has 1 unspecified atom stereocenters. The molecular weight excluding hydrogens is 264 g/mol. The number of fused-ring (bicyclic) bond motifs is 1. The van der Waals surface area contributed by atoms with Crippen molar-refractivity contribution in [3.8, 4) is 5.75 Å². The maximum Gasteiger partial charge on any atom is 0.243 e. The van der Waals surface area contributed by atoms with E-state index in [4.69, 9.17) is 0 Å². The lowest BCUT2D eigenvalue weighted by Gasteiger charge is -2.05. The SMILES string of the molecule is CC/C(=N/NC(=O)C1[C@H]2CCCC[C@@H]12)c1ccc(O)cc1. The molecule has 0 radical (unpaired) electrons. The standard InChI is InChI=1S/C17H22N2O2/c1-2-15(11-7-9-12(20)10-8-11)18-19-17(21)16-13-5-3-4-6-14(13)16/h7-10,13-14,16,20H,2-6H2,1H3,(H,19,21)/b18-15-/t13-,14+,16?. The molecule has 0 bridgehead atoms. The zero-order valence-electron chi connectivity index (χ0n) is 12.4. The van der Waals surface area contributed by atoms with Crippen molar-refractivity contribution in [1.29, 1.82) is 0 Å². The summed E-state index contributed by atoms with van der Waals surface area (Å²) >= 11 is 0. The average Bonchev–Trinajstić information content (AvgIpc) is 3.24. The van der Waals surface area contributed by atoms with Gasteiger partial charge in [-0.05, 0) is 60.9 Å². The number of hydrogen-bond donors (Lipinski definition) is 2. The first-order valence-corrected chi connectivity index (χ1v) is 7.86. The fourth-order valence-electron chi connectivity index (χ4n) is 3.58. The monoisotopic (exact) mass is 286 g/mol. The first kappa shape index (κ1) is 14.1. The van der Waals surface area contributed by atoms with Crippen LogP contribution in [0.15, 0.2) is 29.4 Å². The maximum atomic E-state index is 12.2. The number of rotatable bonds is 4. The maximum absolute atomic E-state index is 12.2. The van der Waals surface area contributed by atoms with Crippen molar-refractivity contribution < 1.29 is 9.90 Å². The van der Waals surface area contributed by atoms with Gasteiger partial charge in [0.1, 0.15) is 5.75 Å². The highest BCUT2D eigenvalue weighted by Crippen LogP contribution is 2.55. The van der Waals surface area contributed by atoms with Crippen LogP contribution >= 0.6 is 0 Å². The van der Waals surface area contributed by atoms with Crippen LogP contribution in [0, 0.1) is 17.8 Å². The van der Waals surface area contributed by atoms with Crippen LogP contribution in [-0.4, -0.2) is 16.7 Å². The lowest BCUT2D eigenvalue weighted by Crippen LogP contribution is -2.22. The Morgan fingerprint density at radius 2 is 1.86 bits per heavy atom. The van der Waals surface area contributed by atoms with Gasteiger partial charge < -0.3 is 5.11 Å². The van der Waals surface area contributed by atoms with Gasteiger partial charge in [0, 0.05) is 5.92 Å². The van der Waals surface area contributed by atoms with Gasteiger partial charge in [0.25, 0.3) is 0 Å². The molecule has 0 saturated heterocycles. The van der Waals surface area contributed by atoms with E-state index >= 15 is 0 Å². The zero-order chi connectivity index (χ0) is 14.8. The van der Waals surface area contributed by atoms with Crippen molar-refractivity contribution in [1.82, 2.24) is 5.43 Å². The first-order valence-electron chi connectivity index (χ1n) is 7.86. The molecule has 4 heteroatoms. The summed E-state index contributed by atoms with van der Waals surface area (Å²) < 4.78 is 0. The van der Waals surface area contributed by atoms with E-state index in [1.54, 1.807) is 12.1 Å². The van der Waals surface area contributed by atoms with E-state index in [1.807, 2.05) is 19.1 Å². The largest absolute Gasteiger partial charge is 0.508 e. The van der Waals surface area contributed by atoms with Gasteiger partial charge in [0.15, 0.2) is 0 Å². The molecule has 3 rings (SSSR count). The summed E-state index contributed by atoms with van der Waals surface area (Å²) in [5.41, 5.74) is 4.53. The van der Waals surface area contributed by atoms with E-state index < -0.39 is 0 Å². The number of phenolic OH excluding ortho intramolecular Hbond substituents is 1. The van der Waals surface area contributed by atoms with Gasteiger partial charge in [-0.2, -0.15) is 5.10 Å². The topological polar surface area (TPSA) is 61.7 Å². The third-order valence-corrected chi connectivity index (χ3v) is 4.80. The molecule has 1 amide bonds. The second-order valence-electron chi connectivity index (χ2n) is 6.07. The predicted octanol–water partition coefficient (Wildman–Crippen LogP) is 3.06. The van der Waals surface area contributed by atoms with Gasteiger partial charge >= 0.3 is 0 Å². The molecule has 2 N–H and O–H groups in total. The lowest BCUT2D eigenvalue weighted by atomic mass is 10.0. The van der Waals surface area contributed by atoms with E-state index in [-0.39, 0.29) is 17.6 Å². The molecular formula is C17H22N2O2. The second-order valence-corrected chi connectivity index (χ2v) is 6.07. The normalized spacial score (nSPS) is 27.9. The molecule has 2 saturated carbocycles. The fraction of sp³-hybridized carbons (Fsp3) is 0.529. The molecule has 112 valence electrons. The molecule has 0 spiro atoms. The Kier molecular flexibility index (Phi) is 3.95. The third-order valence-electron chi connectivity index (χ3n) is 4.80. The number of carbonyl (C=O) groups is 1. The van der Waals surface area contributed by atoms with E-state index in [9.17, 15) is 9.90 Å². The molecule has 2 aliphatic rings. The molecule has 2 fully saturated rings. The molecule has 2 aliphatic carbocycles. The van der Waals surface area contributed by atoms with Crippen molar-refractivity contribution in [2.75, 3.05) is 0 Å². The van der Waals surface area contributed by atoms with Crippen molar-refractivity contribution in [3.63, 3.8) is 0 Å². The summed E-state index contributed by atoms with van der Waals surface area (Å²) in [5, 5.41) is 13.6. The van der Waals surface area contributed by atoms with Crippen LogP contribution in [0.5, 0.6) is 5.75 Å². The highest BCUT2D eigenvalue weighted by Gasteiger charge is 2.54. The molecule has 3 atom stereocenters. The van der Waals surface area contributed by atoms with E-state index in [0.29, 0.717) is 11.8 Å². The number of benzene rings is 1. The number of nitrogens with one attached hydrogen (secondary N) is 1. The zero-order valence-corrected chi connectivity index (χ0v) is 12.4. The molecule has 0 heterocycles. The van der Waals surface area contributed by atoms with Gasteiger partial charge in [-0.25, -0.2) is 5.43 Å². The highest BCUT2D eigenvalue weighted by atomic mass is 16.3. The molecule has 1 aromatic carbocycles. The van der Waals surface area contributed by atoms with Crippen molar-refractivity contribution >= 4 is 11.6 Å². The van der Waals surface area contributed by atoms with Gasteiger partial charge in [-0.1, -0.05) is 19.8 Å². The summed E-state index contributed by atoms with van der Waals surface area (Å²) in [7, 11) is 0. The van der Waals surface area contributed by atoms with Crippen molar-refractivity contribution in [3.05, 3.63) is 29.8 Å². The second kappa shape index (κ2) is 5.88. The summed E-state index contributed by atoms with van der Waals surface area (Å²) in [6, 6.07) is 6.91. The van der Waals surface area contributed by atoms with Crippen LogP contribution < -0.4 is 5.43 Å². The van der Waals surface area contributed by atoms with E-state index in [2.05, 4.69) is 10.5 Å². The lowest BCUT2D eigenvalue weighted by molar-refractivity contribution is -0.122. The Hall–Kier alpha value is -1.84. The fourth-order valence-corrected chi connectivity index (χ4v) is 3.58. The summed E-state index contributed by atoms with van der Waals surface area (Å²) in [5.74, 6) is 1.71. The number of carbonyl (C=O) groups excluding carboxylic acids is 1. The van der Waals surface area contributed by atoms with Crippen LogP contribution in [-0.2, 0) is 4.79 Å². The quantitative estimate of drug-likeness (QED) is 0.660. The van der Waals surface area contributed by atoms with Gasteiger partial charge in [0.05, 0.1) is 5.71 Å². The minimum Gasteiger partial charge on any atom is -0.508 e. The summed E-state index contributed by atoms with van der Waals surface area (Å²) in [4.78, 5) is 12.2. The summed E-state index contributed by atoms with van der Waals surface area (Å²) in [6.07, 6.45) is 5.67. The van der Waals surface area contributed by atoms with Crippen molar-refractivity contribution in [2.24, 2.45) is 22.9 Å². The Balaban J connectivity index is 1.63. The smallest absolute Gasteiger partial charge is 0.243 e. The van der Waals surface area contributed by atoms with Crippen LogP contribution in [0.1, 0.15) is 44.6 Å². The van der Waals surface area contributed by atoms with Crippen LogP contribution in [0.3, 0.4) is 0 Å². The Morgan fingerprint density at radius 3 is 2.43 bits per heavy atom. The molecule has 1 aromatic rings. The first-order chi connectivity index (χ1) is 10.2. The van der Waals surface area contributed by atoms with E-state index in [1.165, 1.54) is 25.7 Å². The molecule has 21 heavy (non-hydrogen) atoms. The molecule has 4 nitrogen and oxygen atoms in total. The predicted molar refractivity (Wildman–Crippen MR) is 82.0 cm³/mol. The average molecular weight is 286 g/mol. The van der Waals surface area contributed by atoms with Crippen LogP contribution in [0.25, 0.3) is 0 Å².